The highest BCUT2D eigenvalue weighted by Gasteiger charge is 2.35. The van der Waals surface area contributed by atoms with Gasteiger partial charge in [0.05, 0.1) is 16.8 Å². The molecule has 0 spiro atoms. The van der Waals surface area contributed by atoms with Crippen LogP contribution in [0.5, 0.6) is 17.2 Å². The van der Waals surface area contributed by atoms with Crippen molar-refractivity contribution in [1.82, 2.24) is 0 Å². The predicted molar refractivity (Wildman–Crippen MR) is 108 cm³/mol. The second-order valence-corrected chi connectivity index (χ2v) is 6.72. The van der Waals surface area contributed by atoms with Gasteiger partial charge >= 0.3 is 0 Å². The third kappa shape index (κ3) is 3.18. The first-order chi connectivity index (χ1) is 14.0. The highest BCUT2D eigenvalue weighted by atomic mass is 16.5. The maximum atomic E-state index is 12.9. The van der Waals surface area contributed by atoms with Crippen molar-refractivity contribution in [3.8, 4) is 17.2 Å². The molecule has 0 atom stereocenters. The molecule has 0 fully saturated rings. The Morgan fingerprint density at radius 1 is 0.828 bits per heavy atom. The number of fused-ring (bicyclic) bond motifs is 2. The monoisotopic (exact) mass is 389 g/mol. The van der Waals surface area contributed by atoms with E-state index in [0.29, 0.717) is 0 Å². The summed E-state index contributed by atoms with van der Waals surface area (Å²) in [4.78, 5) is 25.7. The molecule has 0 bridgehead atoms. The molecule has 3 aromatic carbocycles. The van der Waals surface area contributed by atoms with Crippen LogP contribution in [0.2, 0.25) is 0 Å². The number of aryl methyl sites for hydroxylation is 1. The van der Waals surface area contributed by atoms with E-state index in [9.17, 15) is 14.7 Å². The molecule has 6 heteroatoms. The molecule has 146 valence electrons. The van der Waals surface area contributed by atoms with E-state index >= 15 is 0 Å². The van der Waals surface area contributed by atoms with Gasteiger partial charge in [0, 0.05) is 17.2 Å². The Kier molecular flexibility index (Phi) is 4.68. The van der Waals surface area contributed by atoms with Crippen LogP contribution in [0.4, 0.5) is 5.69 Å². The van der Waals surface area contributed by atoms with Crippen molar-refractivity contribution < 1.29 is 24.2 Å². The van der Waals surface area contributed by atoms with E-state index in [1.54, 1.807) is 24.3 Å². The van der Waals surface area contributed by atoms with Gasteiger partial charge in [-0.2, -0.15) is 0 Å². The average molecular weight is 389 g/mol. The Balaban J connectivity index is 1.58. The van der Waals surface area contributed by atoms with E-state index in [4.69, 9.17) is 15.2 Å². The van der Waals surface area contributed by atoms with E-state index in [1.165, 1.54) is 6.07 Å². The maximum Gasteiger partial charge on any atom is 0.198 e. The Morgan fingerprint density at radius 3 is 2.03 bits per heavy atom. The van der Waals surface area contributed by atoms with Crippen LogP contribution in [-0.4, -0.2) is 29.9 Å². The largest absolute Gasteiger partial charge is 0.507 e. The summed E-state index contributed by atoms with van der Waals surface area (Å²) >= 11 is 0. The van der Waals surface area contributed by atoms with Crippen molar-refractivity contribution in [3.05, 3.63) is 82.4 Å². The second kappa shape index (κ2) is 7.31. The predicted octanol–water partition coefficient (Wildman–Crippen LogP) is 3.52. The number of nitrogens with two attached hydrogens (primary N) is 1. The van der Waals surface area contributed by atoms with Crippen LogP contribution in [0, 0.1) is 6.92 Å². The summed E-state index contributed by atoms with van der Waals surface area (Å²) in [5.74, 6) is -0.305. The van der Waals surface area contributed by atoms with Crippen molar-refractivity contribution in [2.45, 2.75) is 6.92 Å². The minimum absolute atomic E-state index is 0.0245. The SMILES string of the molecule is Cc1ccccc1OCCOc1cc(O)c2c(c1N)C(=O)c1ccccc1C2=O. The molecule has 1 aliphatic carbocycles. The van der Waals surface area contributed by atoms with Crippen molar-refractivity contribution in [3.63, 3.8) is 0 Å². The lowest BCUT2D eigenvalue weighted by molar-refractivity contribution is 0.0977. The number of benzene rings is 3. The van der Waals surface area contributed by atoms with Gasteiger partial charge in [-0.05, 0) is 18.6 Å². The summed E-state index contributed by atoms with van der Waals surface area (Å²) in [6.07, 6.45) is 0. The minimum atomic E-state index is -0.436. The summed E-state index contributed by atoms with van der Waals surface area (Å²) in [5.41, 5.74) is 7.58. The number of nitrogen functional groups attached to an aromatic ring is 1. The molecule has 6 nitrogen and oxygen atoms in total. The van der Waals surface area contributed by atoms with Crippen LogP contribution in [-0.2, 0) is 0 Å². The number of aromatic hydroxyl groups is 1. The highest BCUT2D eigenvalue weighted by molar-refractivity contribution is 6.31. The number of para-hydroxylation sites is 1. The topological polar surface area (TPSA) is 98.8 Å². The molecule has 4 rings (SSSR count). The average Bonchev–Trinajstić information content (AvgIpc) is 2.72. The number of hydrogen-bond acceptors (Lipinski definition) is 6. The Hall–Kier alpha value is -3.80. The zero-order valence-electron chi connectivity index (χ0n) is 15.8. The van der Waals surface area contributed by atoms with Crippen LogP contribution >= 0.6 is 0 Å². The summed E-state index contributed by atoms with van der Waals surface area (Å²) < 4.78 is 11.3. The zero-order chi connectivity index (χ0) is 20.5. The molecule has 0 saturated heterocycles. The first-order valence-electron chi connectivity index (χ1n) is 9.14. The van der Waals surface area contributed by atoms with Gasteiger partial charge in [0.15, 0.2) is 11.6 Å². The van der Waals surface area contributed by atoms with E-state index < -0.39 is 11.6 Å². The van der Waals surface area contributed by atoms with Gasteiger partial charge in [0.25, 0.3) is 0 Å². The van der Waals surface area contributed by atoms with E-state index in [1.807, 2.05) is 31.2 Å². The number of carbonyl (C=O) groups is 2. The number of anilines is 1. The number of hydrogen-bond donors (Lipinski definition) is 2. The van der Waals surface area contributed by atoms with Crippen LogP contribution < -0.4 is 15.2 Å². The van der Waals surface area contributed by atoms with Crippen molar-refractivity contribution in [2.75, 3.05) is 18.9 Å². The fourth-order valence-electron chi connectivity index (χ4n) is 3.42. The van der Waals surface area contributed by atoms with Gasteiger partial charge in [-0.25, -0.2) is 0 Å². The molecule has 0 saturated carbocycles. The normalized spacial score (nSPS) is 12.3. The van der Waals surface area contributed by atoms with Crippen molar-refractivity contribution in [2.24, 2.45) is 0 Å². The number of ketones is 2. The van der Waals surface area contributed by atoms with Gasteiger partial charge in [0.2, 0.25) is 0 Å². The highest BCUT2D eigenvalue weighted by Crippen LogP contribution is 2.41. The quantitative estimate of drug-likeness (QED) is 0.308. The fourth-order valence-corrected chi connectivity index (χ4v) is 3.42. The lowest BCUT2D eigenvalue weighted by atomic mass is 9.82. The molecule has 0 unspecified atom stereocenters. The summed E-state index contributed by atoms with van der Waals surface area (Å²) in [6.45, 7) is 2.34. The van der Waals surface area contributed by atoms with Gasteiger partial charge in [-0.3, -0.25) is 9.59 Å². The Labute approximate surface area is 167 Å². The number of carbonyl (C=O) groups excluding carboxylic acids is 2. The third-order valence-electron chi connectivity index (χ3n) is 4.87. The van der Waals surface area contributed by atoms with E-state index in [-0.39, 0.29) is 52.7 Å². The summed E-state index contributed by atoms with van der Waals surface area (Å²) in [7, 11) is 0. The van der Waals surface area contributed by atoms with Gasteiger partial charge in [0.1, 0.15) is 30.5 Å². The molecule has 3 aromatic rings. The van der Waals surface area contributed by atoms with Crippen molar-refractivity contribution >= 4 is 17.3 Å². The molecule has 0 radical (unpaired) electrons. The lowest BCUT2D eigenvalue weighted by Crippen LogP contribution is -2.23. The molecule has 0 aliphatic heterocycles. The number of phenolic OH excluding ortho intramolecular Hbond substituents is 1. The Bertz CT molecular complexity index is 1140. The lowest BCUT2D eigenvalue weighted by Gasteiger charge is -2.21. The van der Waals surface area contributed by atoms with Gasteiger partial charge in [-0.15, -0.1) is 0 Å². The van der Waals surface area contributed by atoms with Gasteiger partial charge in [-0.1, -0.05) is 42.5 Å². The molecular formula is C23H19NO5. The second-order valence-electron chi connectivity index (χ2n) is 6.72. The molecule has 3 N–H and O–H groups in total. The molecule has 0 amide bonds. The van der Waals surface area contributed by atoms with E-state index in [0.717, 1.165) is 11.3 Å². The number of rotatable bonds is 5. The van der Waals surface area contributed by atoms with Crippen molar-refractivity contribution in [1.29, 1.82) is 0 Å². The smallest absolute Gasteiger partial charge is 0.198 e. The first kappa shape index (κ1) is 18.6. The maximum absolute atomic E-state index is 12.9. The standard InChI is InChI=1S/C23H19NO5/c1-13-6-2-5-9-17(13)28-10-11-29-18-12-16(25)19-20(21(18)24)23(27)15-8-4-3-7-14(15)22(19)26/h2-9,12,25H,10-11,24H2,1H3. The van der Waals surface area contributed by atoms with Gasteiger partial charge < -0.3 is 20.3 Å². The van der Waals surface area contributed by atoms with Crippen LogP contribution in [0.1, 0.15) is 37.4 Å². The van der Waals surface area contributed by atoms with Crippen LogP contribution in [0.15, 0.2) is 54.6 Å². The van der Waals surface area contributed by atoms with Crippen LogP contribution in [0.3, 0.4) is 0 Å². The summed E-state index contributed by atoms with van der Waals surface area (Å²) in [5, 5.41) is 10.4. The Morgan fingerprint density at radius 2 is 1.38 bits per heavy atom. The molecule has 0 aromatic heterocycles. The number of phenols is 1. The zero-order valence-corrected chi connectivity index (χ0v) is 15.8. The molecular weight excluding hydrogens is 370 g/mol. The minimum Gasteiger partial charge on any atom is -0.507 e. The molecule has 1 aliphatic rings. The number of ether oxygens (including phenoxy) is 2. The molecule has 29 heavy (non-hydrogen) atoms. The fraction of sp³-hybridized carbons (Fsp3) is 0.130. The first-order valence-corrected chi connectivity index (χ1v) is 9.14. The van der Waals surface area contributed by atoms with E-state index in [2.05, 4.69) is 0 Å². The molecule has 0 heterocycles. The van der Waals surface area contributed by atoms with Crippen LogP contribution in [0.25, 0.3) is 0 Å². The summed E-state index contributed by atoms with van der Waals surface area (Å²) in [6, 6.07) is 15.3. The third-order valence-corrected chi connectivity index (χ3v) is 4.87.